The topological polar surface area (TPSA) is 41.6 Å². The van der Waals surface area contributed by atoms with Crippen LogP contribution in [-0.4, -0.2) is 42.1 Å². The fourth-order valence-corrected chi connectivity index (χ4v) is 2.69. The number of rotatable bonds is 3. The summed E-state index contributed by atoms with van der Waals surface area (Å²) in [6, 6.07) is 4.06. The number of hydrogen-bond donors (Lipinski definition) is 1. The molecule has 7 heteroatoms. The molecule has 0 radical (unpaired) electrons. The zero-order chi connectivity index (χ0) is 17.2. The van der Waals surface area contributed by atoms with E-state index in [1.165, 1.54) is 12.1 Å². The van der Waals surface area contributed by atoms with Crippen molar-refractivity contribution in [3.8, 4) is 0 Å². The van der Waals surface area contributed by atoms with Gasteiger partial charge in [-0.05, 0) is 45.0 Å². The molecule has 4 nitrogen and oxygen atoms in total. The first-order valence-corrected chi connectivity index (χ1v) is 7.54. The first-order valence-electron chi connectivity index (χ1n) is 7.54. The number of amides is 1. The molecule has 3 atom stereocenters. The number of hydrogen-bond acceptors (Lipinski definition) is 3. The maximum absolute atomic E-state index is 12.5. The van der Waals surface area contributed by atoms with Crippen molar-refractivity contribution in [3.63, 3.8) is 0 Å². The third-order valence-corrected chi connectivity index (χ3v) is 3.85. The smallest absolute Gasteiger partial charge is 0.373 e. The molecule has 1 aliphatic rings. The molecule has 0 unspecified atom stereocenters. The lowest BCUT2D eigenvalue weighted by Crippen LogP contribution is -2.52. The van der Waals surface area contributed by atoms with E-state index in [-0.39, 0.29) is 24.2 Å². The Balaban J connectivity index is 1.98. The molecule has 23 heavy (non-hydrogen) atoms. The number of morpholine rings is 1. The van der Waals surface area contributed by atoms with Crippen molar-refractivity contribution in [2.45, 2.75) is 45.2 Å². The molecule has 1 saturated heterocycles. The first-order chi connectivity index (χ1) is 10.7. The van der Waals surface area contributed by atoms with Crippen LogP contribution in [-0.2, 0) is 15.7 Å². The van der Waals surface area contributed by atoms with Gasteiger partial charge in [0.25, 0.3) is 0 Å². The van der Waals surface area contributed by atoms with E-state index < -0.39 is 11.7 Å². The normalized spacial score (nSPS) is 24.3. The molecule has 1 aromatic carbocycles. The second-order valence-corrected chi connectivity index (χ2v) is 5.95. The molecule has 1 N–H and O–H groups in total. The minimum Gasteiger partial charge on any atom is -0.373 e. The molecule has 1 aliphatic heterocycles. The van der Waals surface area contributed by atoms with Crippen molar-refractivity contribution in [1.82, 2.24) is 4.90 Å². The standard InChI is InChI=1S/C16H21F3N2O2/c1-10-8-21(9-11(2)23-10)12(3)15(22)20-14-6-4-13(5-7-14)16(17,18)19/h4-7,10-12H,8-9H2,1-3H3,(H,20,22)/t10-,11+,12-/m0/s1. The summed E-state index contributed by atoms with van der Waals surface area (Å²) in [7, 11) is 0. The van der Waals surface area contributed by atoms with Gasteiger partial charge in [-0.15, -0.1) is 0 Å². The lowest BCUT2D eigenvalue weighted by atomic mass is 10.1. The highest BCUT2D eigenvalue weighted by Crippen LogP contribution is 2.29. The molecule has 1 aromatic rings. The average molecular weight is 330 g/mol. The molecule has 1 heterocycles. The molecule has 0 aliphatic carbocycles. The van der Waals surface area contributed by atoms with E-state index in [2.05, 4.69) is 5.32 Å². The van der Waals surface area contributed by atoms with Gasteiger partial charge in [-0.25, -0.2) is 0 Å². The minimum atomic E-state index is -4.38. The first kappa shape index (κ1) is 17.7. The maximum atomic E-state index is 12.5. The summed E-state index contributed by atoms with van der Waals surface area (Å²) < 4.78 is 43.2. The molecule has 2 rings (SSSR count). The molecular weight excluding hydrogens is 309 g/mol. The highest BCUT2D eigenvalue weighted by atomic mass is 19.4. The summed E-state index contributed by atoms with van der Waals surface area (Å²) in [5.41, 5.74) is -0.386. The minimum absolute atomic E-state index is 0.0417. The van der Waals surface area contributed by atoms with Crippen LogP contribution in [0.4, 0.5) is 18.9 Å². The largest absolute Gasteiger partial charge is 0.416 e. The van der Waals surface area contributed by atoms with Gasteiger partial charge >= 0.3 is 6.18 Å². The van der Waals surface area contributed by atoms with Gasteiger partial charge < -0.3 is 10.1 Å². The molecule has 128 valence electrons. The van der Waals surface area contributed by atoms with Crippen LogP contribution in [0.2, 0.25) is 0 Å². The Hall–Kier alpha value is -1.60. The van der Waals surface area contributed by atoms with Gasteiger partial charge in [0.1, 0.15) is 0 Å². The van der Waals surface area contributed by atoms with Crippen molar-refractivity contribution < 1.29 is 22.7 Å². The lowest BCUT2D eigenvalue weighted by molar-refractivity contribution is -0.137. The number of carbonyl (C=O) groups excluding carboxylic acids is 1. The summed E-state index contributed by atoms with van der Waals surface area (Å²) in [5, 5.41) is 2.66. The Morgan fingerprint density at radius 3 is 2.22 bits per heavy atom. The average Bonchev–Trinajstić information content (AvgIpc) is 2.45. The summed E-state index contributed by atoms with van der Waals surface area (Å²) >= 11 is 0. The van der Waals surface area contributed by atoms with Crippen molar-refractivity contribution in [2.75, 3.05) is 18.4 Å². The van der Waals surface area contributed by atoms with Crippen molar-refractivity contribution in [2.24, 2.45) is 0 Å². The number of benzene rings is 1. The number of ether oxygens (including phenoxy) is 1. The van der Waals surface area contributed by atoms with Crippen LogP contribution < -0.4 is 5.32 Å². The third kappa shape index (κ3) is 4.68. The van der Waals surface area contributed by atoms with Gasteiger partial charge in [0.05, 0.1) is 23.8 Å². The van der Waals surface area contributed by atoms with Gasteiger partial charge in [0, 0.05) is 18.8 Å². The number of anilines is 1. The van der Waals surface area contributed by atoms with E-state index in [4.69, 9.17) is 4.74 Å². The monoisotopic (exact) mass is 330 g/mol. The molecule has 0 aromatic heterocycles. The highest BCUT2D eigenvalue weighted by Gasteiger charge is 2.31. The summed E-state index contributed by atoms with van der Waals surface area (Å²) in [6.07, 6.45) is -4.30. The summed E-state index contributed by atoms with van der Waals surface area (Å²) in [6.45, 7) is 6.97. The van der Waals surface area contributed by atoms with Crippen LogP contribution in [0.1, 0.15) is 26.3 Å². The van der Waals surface area contributed by atoms with Gasteiger partial charge in [0.2, 0.25) is 5.91 Å². The number of carbonyl (C=O) groups is 1. The molecule has 1 fully saturated rings. The Morgan fingerprint density at radius 1 is 1.22 bits per heavy atom. The second-order valence-electron chi connectivity index (χ2n) is 5.95. The Morgan fingerprint density at radius 2 is 1.74 bits per heavy atom. The van der Waals surface area contributed by atoms with Crippen molar-refractivity contribution in [3.05, 3.63) is 29.8 Å². The predicted molar refractivity (Wildman–Crippen MR) is 81.1 cm³/mol. The van der Waals surface area contributed by atoms with Gasteiger partial charge in [-0.2, -0.15) is 13.2 Å². The fourth-order valence-electron chi connectivity index (χ4n) is 2.69. The number of halogens is 3. The predicted octanol–water partition coefficient (Wildman–Crippen LogP) is 3.14. The lowest BCUT2D eigenvalue weighted by Gasteiger charge is -2.38. The van der Waals surface area contributed by atoms with E-state index in [1.807, 2.05) is 18.7 Å². The van der Waals surface area contributed by atoms with Crippen LogP contribution >= 0.6 is 0 Å². The fraction of sp³-hybridized carbons (Fsp3) is 0.562. The van der Waals surface area contributed by atoms with E-state index in [0.29, 0.717) is 18.8 Å². The van der Waals surface area contributed by atoms with Crippen LogP contribution in [0.5, 0.6) is 0 Å². The Labute approximate surface area is 133 Å². The molecule has 0 saturated carbocycles. The quantitative estimate of drug-likeness (QED) is 0.926. The Kier molecular flexibility index (Phi) is 5.31. The zero-order valence-corrected chi connectivity index (χ0v) is 13.4. The van der Waals surface area contributed by atoms with Crippen molar-refractivity contribution >= 4 is 11.6 Å². The third-order valence-electron chi connectivity index (χ3n) is 3.85. The number of alkyl halides is 3. The van der Waals surface area contributed by atoms with E-state index in [0.717, 1.165) is 12.1 Å². The van der Waals surface area contributed by atoms with Crippen LogP contribution in [0.25, 0.3) is 0 Å². The highest BCUT2D eigenvalue weighted by molar-refractivity contribution is 5.94. The maximum Gasteiger partial charge on any atom is 0.416 e. The molecule has 1 amide bonds. The molecule has 0 bridgehead atoms. The SMILES string of the molecule is C[C@@H]1CN([C@@H](C)C(=O)Nc2ccc(C(F)(F)F)cc2)C[C@H](C)O1. The summed E-state index contributed by atoms with van der Waals surface area (Å²) in [5.74, 6) is -0.244. The Bertz CT molecular complexity index is 535. The number of nitrogens with zero attached hydrogens (tertiary/aromatic N) is 1. The molecular formula is C16H21F3N2O2. The van der Waals surface area contributed by atoms with Gasteiger partial charge in [-0.3, -0.25) is 9.69 Å². The van der Waals surface area contributed by atoms with E-state index in [1.54, 1.807) is 6.92 Å². The second kappa shape index (κ2) is 6.88. The number of nitrogens with one attached hydrogen (secondary N) is 1. The van der Waals surface area contributed by atoms with Gasteiger partial charge in [0.15, 0.2) is 0 Å². The summed E-state index contributed by atoms with van der Waals surface area (Å²) in [4.78, 5) is 14.3. The molecule has 0 spiro atoms. The van der Waals surface area contributed by atoms with Crippen LogP contribution in [0.3, 0.4) is 0 Å². The van der Waals surface area contributed by atoms with Crippen LogP contribution in [0.15, 0.2) is 24.3 Å². The van der Waals surface area contributed by atoms with E-state index in [9.17, 15) is 18.0 Å². The van der Waals surface area contributed by atoms with Crippen molar-refractivity contribution in [1.29, 1.82) is 0 Å². The van der Waals surface area contributed by atoms with Crippen LogP contribution in [0, 0.1) is 0 Å². The zero-order valence-electron chi connectivity index (χ0n) is 13.4. The van der Waals surface area contributed by atoms with E-state index >= 15 is 0 Å². The van der Waals surface area contributed by atoms with Gasteiger partial charge in [-0.1, -0.05) is 0 Å².